The van der Waals surface area contributed by atoms with Gasteiger partial charge in [0.05, 0.1) is 27.9 Å². The van der Waals surface area contributed by atoms with Gasteiger partial charge in [0.15, 0.2) is 0 Å². The number of H-pyrrole nitrogens is 1. The van der Waals surface area contributed by atoms with Crippen LogP contribution in [0.2, 0.25) is 0 Å². The van der Waals surface area contributed by atoms with Crippen LogP contribution in [0, 0.1) is 0 Å². The largest absolute Gasteiger partial charge is 0.332 e. The van der Waals surface area contributed by atoms with Crippen LogP contribution in [0.5, 0.6) is 0 Å². The molecule has 7 aromatic rings. The number of rotatable bonds is 5. The summed E-state index contributed by atoms with van der Waals surface area (Å²) in [7, 11) is 0. The highest BCUT2D eigenvalue weighted by Gasteiger charge is 2.27. The molecule has 0 amide bonds. The molecule has 7 nitrogen and oxygen atoms in total. The normalized spacial score (nSPS) is 11.4. The van der Waals surface area contributed by atoms with Crippen LogP contribution >= 0.6 is 0 Å². The highest BCUT2D eigenvalue weighted by molar-refractivity contribution is 5.93. The summed E-state index contributed by atoms with van der Waals surface area (Å²) in [4.78, 5) is 4.80. The summed E-state index contributed by atoms with van der Waals surface area (Å²) in [6.45, 7) is 0.490. The molecule has 0 atom stereocenters. The fraction of sp³-hybridized carbons (Fsp3) is 0.0323. The third-order valence-electron chi connectivity index (χ3n) is 6.80. The fourth-order valence-corrected chi connectivity index (χ4v) is 4.83. The number of aromatic amines is 1. The summed E-state index contributed by atoms with van der Waals surface area (Å²) in [5, 5.41) is 13.9. The van der Waals surface area contributed by atoms with Gasteiger partial charge in [-0.25, -0.2) is 0 Å². The molecule has 0 aliphatic heterocycles. The van der Waals surface area contributed by atoms with E-state index in [0.29, 0.717) is 6.54 Å². The zero-order valence-corrected chi connectivity index (χ0v) is 20.5. The molecule has 182 valence electrons. The van der Waals surface area contributed by atoms with Crippen LogP contribution in [0.25, 0.3) is 56.1 Å². The van der Waals surface area contributed by atoms with Crippen molar-refractivity contribution in [1.29, 1.82) is 0 Å². The van der Waals surface area contributed by atoms with Crippen molar-refractivity contribution in [3.05, 3.63) is 121 Å². The lowest BCUT2D eigenvalue weighted by Crippen LogP contribution is -2.22. The van der Waals surface area contributed by atoms with Gasteiger partial charge in [-0.15, -0.1) is 0 Å². The minimum atomic E-state index is 0.490. The number of hydrogen-bond acceptors (Lipinski definition) is 4. The summed E-state index contributed by atoms with van der Waals surface area (Å²) >= 11 is 0. The maximum atomic E-state index is 5.86. The molecule has 0 saturated heterocycles. The molecule has 7 heteroatoms. The van der Waals surface area contributed by atoms with Crippen molar-refractivity contribution in [3.63, 3.8) is 0 Å². The second-order valence-corrected chi connectivity index (χ2v) is 9.17. The average Bonchev–Trinajstić information content (AvgIpc) is 3.64. The van der Waals surface area contributed by atoms with Gasteiger partial charge in [0.25, 0.3) is 5.65 Å². The minimum absolute atomic E-state index is 0.490. The van der Waals surface area contributed by atoms with Gasteiger partial charge in [-0.1, -0.05) is 77.5 Å². The van der Waals surface area contributed by atoms with E-state index in [2.05, 4.69) is 44.9 Å². The van der Waals surface area contributed by atoms with Gasteiger partial charge in [0.2, 0.25) is 0 Å². The Morgan fingerprint density at radius 1 is 0.789 bits per heavy atom. The second kappa shape index (κ2) is 9.06. The topological polar surface area (TPSA) is 89.5 Å². The Balaban J connectivity index is 1.48. The zero-order valence-electron chi connectivity index (χ0n) is 20.5. The van der Waals surface area contributed by atoms with Gasteiger partial charge in [-0.2, -0.15) is 9.50 Å². The van der Waals surface area contributed by atoms with E-state index >= 15 is 0 Å². The number of hydrogen-bond donors (Lipinski definition) is 2. The third-order valence-corrected chi connectivity index (χ3v) is 6.80. The van der Waals surface area contributed by atoms with Crippen LogP contribution in [-0.2, 0) is 6.54 Å². The van der Waals surface area contributed by atoms with Crippen LogP contribution in [0.15, 0.2) is 116 Å². The van der Waals surface area contributed by atoms with Crippen molar-refractivity contribution >= 4 is 16.6 Å². The van der Waals surface area contributed by atoms with Crippen LogP contribution in [0.1, 0.15) is 5.56 Å². The van der Waals surface area contributed by atoms with Gasteiger partial charge in [0.1, 0.15) is 11.4 Å². The first-order chi connectivity index (χ1) is 18.8. The predicted octanol–water partition coefficient (Wildman–Crippen LogP) is 5.34. The molecule has 3 N–H and O–H groups in total. The number of benzene rings is 3. The Kier molecular flexibility index (Phi) is 5.27. The van der Waals surface area contributed by atoms with Crippen molar-refractivity contribution in [1.82, 2.24) is 25.0 Å². The Hall–Kier alpha value is -5.14. The van der Waals surface area contributed by atoms with Crippen LogP contribution in [-0.4, -0.2) is 25.0 Å². The van der Waals surface area contributed by atoms with Gasteiger partial charge in [-0.05, 0) is 41.5 Å². The quantitative estimate of drug-likeness (QED) is 0.316. The molecule has 38 heavy (non-hydrogen) atoms. The molecule has 4 aromatic heterocycles. The van der Waals surface area contributed by atoms with Crippen molar-refractivity contribution < 1.29 is 4.40 Å². The number of nitrogens with two attached hydrogens (primary N) is 1. The maximum Gasteiger partial charge on any atom is 0.332 e. The first kappa shape index (κ1) is 22.1. The van der Waals surface area contributed by atoms with Crippen LogP contribution in [0.3, 0.4) is 0 Å². The van der Waals surface area contributed by atoms with E-state index in [9.17, 15) is 0 Å². The highest BCUT2D eigenvalue weighted by Crippen LogP contribution is 2.28. The van der Waals surface area contributed by atoms with Crippen molar-refractivity contribution in [2.45, 2.75) is 6.54 Å². The molecule has 7 rings (SSSR count). The third kappa shape index (κ3) is 3.73. The number of nitrogens with zero attached hydrogens (tertiary/aromatic N) is 5. The molecule has 0 aliphatic rings. The molecule has 4 heterocycles. The molecule has 0 unspecified atom stereocenters. The average molecular weight is 495 g/mol. The molecule has 0 saturated carbocycles. The Morgan fingerprint density at radius 2 is 1.53 bits per heavy atom. The summed E-state index contributed by atoms with van der Waals surface area (Å²) in [6, 6.07) is 34.8. The van der Waals surface area contributed by atoms with E-state index in [0.717, 1.165) is 61.7 Å². The summed E-state index contributed by atoms with van der Waals surface area (Å²) < 4.78 is 4.06. The van der Waals surface area contributed by atoms with Crippen molar-refractivity contribution in [2.75, 3.05) is 0 Å². The predicted molar refractivity (Wildman–Crippen MR) is 148 cm³/mol. The monoisotopic (exact) mass is 494 g/mol. The zero-order chi connectivity index (χ0) is 25.5. The number of pyridine rings is 2. The molecular weight excluding hydrogens is 470 g/mol. The Labute approximate surface area is 218 Å². The van der Waals surface area contributed by atoms with Crippen molar-refractivity contribution in [3.8, 4) is 39.6 Å². The van der Waals surface area contributed by atoms with E-state index in [1.165, 1.54) is 0 Å². The van der Waals surface area contributed by atoms with Crippen molar-refractivity contribution in [2.24, 2.45) is 5.73 Å². The molecule has 0 fully saturated rings. The van der Waals surface area contributed by atoms with E-state index in [1.54, 1.807) is 0 Å². The summed E-state index contributed by atoms with van der Waals surface area (Å²) in [6.07, 6.45) is 3.94. The number of fused-ring (bicyclic) bond motifs is 3. The maximum absolute atomic E-state index is 5.86. The lowest BCUT2D eigenvalue weighted by molar-refractivity contribution is -0.498. The van der Waals surface area contributed by atoms with Gasteiger partial charge in [-0.3, -0.25) is 10.1 Å². The Morgan fingerprint density at radius 3 is 2.26 bits per heavy atom. The SMILES string of the molecule is NCc1ccc(-n2nc(-c3cc(-c4ccccc4)n[nH]3)[n+]3ccc4ncc(-c5ccccc5)cc4c23)cc1. The standard InChI is InChI=1S/C31H24N7/c32-19-21-11-13-25(14-12-21)38-31-26-17-24(22-7-3-1-4-8-22)20-33-27(26)15-16-37(31)30(36-38)29-18-28(34-35-29)23-9-5-2-6-10-23/h1-18,20H,19,32H2,(H,34,35)/q+1. The van der Waals surface area contributed by atoms with Gasteiger partial charge < -0.3 is 5.73 Å². The summed E-state index contributed by atoms with van der Waals surface area (Å²) in [5.41, 5.74) is 14.6. The van der Waals surface area contributed by atoms with E-state index in [-0.39, 0.29) is 0 Å². The lowest BCUT2D eigenvalue weighted by Gasteiger charge is -2.04. The number of nitrogens with one attached hydrogen (secondary N) is 1. The molecule has 0 aliphatic carbocycles. The Bertz CT molecular complexity index is 1890. The van der Waals surface area contributed by atoms with E-state index in [1.807, 2.05) is 89.9 Å². The molecule has 3 aromatic carbocycles. The minimum Gasteiger partial charge on any atom is -0.326 e. The van der Waals surface area contributed by atoms with Crippen LogP contribution < -0.4 is 10.1 Å². The summed E-state index contributed by atoms with van der Waals surface area (Å²) in [5.74, 6) is 0.754. The smallest absolute Gasteiger partial charge is 0.326 e. The first-order valence-corrected chi connectivity index (χ1v) is 12.5. The van der Waals surface area contributed by atoms with E-state index in [4.69, 9.17) is 15.8 Å². The van der Waals surface area contributed by atoms with E-state index < -0.39 is 0 Å². The first-order valence-electron chi connectivity index (χ1n) is 12.5. The van der Waals surface area contributed by atoms with Gasteiger partial charge >= 0.3 is 5.82 Å². The molecule has 0 bridgehead atoms. The second-order valence-electron chi connectivity index (χ2n) is 9.17. The number of aromatic nitrogens is 6. The molecular formula is C31H24N7+. The fourth-order valence-electron chi connectivity index (χ4n) is 4.83. The lowest BCUT2D eigenvalue weighted by atomic mass is 10.1. The molecule has 0 spiro atoms. The highest BCUT2D eigenvalue weighted by atomic mass is 15.4. The molecule has 0 radical (unpaired) electrons. The van der Waals surface area contributed by atoms with Gasteiger partial charge in [0, 0.05) is 23.9 Å². The van der Waals surface area contributed by atoms with Crippen LogP contribution in [0.4, 0.5) is 0 Å².